The van der Waals surface area contributed by atoms with E-state index in [0.717, 1.165) is 18.8 Å². The van der Waals surface area contributed by atoms with E-state index in [1.54, 1.807) is 36.7 Å². The highest BCUT2D eigenvalue weighted by molar-refractivity contribution is 5.94. The van der Waals surface area contributed by atoms with Gasteiger partial charge in [0.15, 0.2) is 0 Å². The lowest BCUT2D eigenvalue weighted by Crippen LogP contribution is -2.48. The lowest BCUT2D eigenvalue weighted by molar-refractivity contribution is 0.0746. The fraction of sp³-hybridized carbons (Fsp3) is 0.182. The molecule has 7 nitrogen and oxygen atoms in total. The van der Waals surface area contributed by atoms with Gasteiger partial charge in [0.1, 0.15) is 0 Å². The zero-order chi connectivity index (χ0) is 20.1. The summed E-state index contributed by atoms with van der Waals surface area (Å²) in [4.78, 5) is 25.4. The summed E-state index contributed by atoms with van der Waals surface area (Å²) in [5, 5.41) is 11.9. The number of aromatic nitrogens is 2. The molecule has 0 saturated carbocycles. The first-order chi connectivity index (χ1) is 14.2. The first kappa shape index (κ1) is 18.4. The zero-order valence-electron chi connectivity index (χ0n) is 15.8. The lowest BCUT2D eigenvalue weighted by Gasteiger charge is -2.36. The van der Waals surface area contributed by atoms with E-state index in [1.165, 1.54) is 5.69 Å². The molecule has 1 N–H and O–H groups in total. The van der Waals surface area contributed by atoms with Gasteiger partial charge < -0.3 is 15.1 Å². The molecule has 4 rings (SSSR count). The van der Waals surface area contributed by atoms with E-state index in [1.807, 2.05) is 23.1 Å². The molecule has 1 aliphatic heterocycles. The second kappa shape index (κ2) is 8.40. The largest absolute Gasteiger partial charge is 0.368 e. The van der Waals surface area contributed by atoms with Crippen LogP contribution in [0.3, 0.4) is 0 Å². The third-order valence-corrected chi connectivity index (χ3v) is 4.86. The minimum absolute atomic E-state index is 0.0531. The Hall–Kier alpha value is -3.92. The zero-order valence-corrected chi connectivity index (χ0v) is 15.8. The molecule has 0 atom stereocenters. The van der Waals surface area contributed by atoms with Gasteiger partial charge in [-0.05, 0) is 36.4 Å². The molecular weight excluding hydrogens is 364 g/mol. The highest BCUT2D eigenvalue weighted by atomic mass is 16.2. The minimum atomic E-state index is -0.0531. The number of para-hydroxylation sites is 1. The van der Waals surface area contributed by atoms with Gasteiger partial charge in [-0.25, -0.2) is 9.97 Å². The molecule has 29 heavy (non-hydrogen) atoms. The van der Waals surface area contributed by atoms with Crippen LogP contribution in [0.15, 0.2) is 67.0 Å². The van der Waals surface area contributed by atoms with E-state index in [-0.39, 0.29) is 5.91 Å². The van der Waals surface area contributed by atoms with Crippen LogP contribution in [0, 0.1) is 11.3 Å². The number of amides is 1. The Morgan fingerprint density at radius 3 is 2.21 bits per heavy atom. The topological polar surface area (TPSA) is 85.1 Å². The molecule has 1 saturated heterocycles. The number of nitrogens with zero attached hydrogens (tertiary/aromatic N) is 5. The molecule has 0 radical (unpaired) electrons. The van der Waals surface area contributed by atoms with Crippen LogP contribution in [-0.2, 0) is 0 Å². The number of rotatable bonds is 4. The molecule has 2 aromatic carbocycles. The molecule has 0 spiro atoms. The van der Waals surface area contributed by atoms with Gasteiger partial charge >= 0.3 is 0 Å². The molecule has 1 aromatic heterocycles. The van der Waals surface area contributed by atoms with E-state index < -0.39 is 0 Å². The predicted octanol–water partition coefficient (Wildman–Crippen LogP) is 3.05. The van der Waals surface area contributed by atoms with E-state index in [9.17, 15) is 4.79 Å². The molecule has 144 valence electrons. The minimum Gasteiger partial charge on any atom is -0.368 e. The summed E-state index contributed by atoms with van der Waals surface area (Å²) in [6.45, 7) is 2.93. The van der Waals surface area contributed by atoms with Crippen LogP contribution in [0.25, 0.3) is 0 Å². The average Bonchev–Trinajstić information content (AvgIpc) is 2.80. The van der Waals surface area contributed by atoms with Crippen molar-refractivity contribution in [1.82, 2.24) is 14.9 Å². The van der Waals surface area contributed by atoms with Crippen molar-refractivity contribution in [3.05, 3.63) is 78.1 Å². The van der Waals surface area contributed by atoms with Gasteiger partial charge in [0.25, 0.3) is 5.91 Å². The molecule has 0 aliphatic carbocycles. The van der Waals surface area contributed by atoms with Crippen LogP contribution in [0.5, 0.6) is 0 Å². The third kappa shape index (κ3) is 4.33. The predicted molar refractivity (Wildman–Crippen MR) is 111 cm³/mol. The highest BCUT2D eigenvalue weighted by Crippen LogP contribution is 2.17. The fourth-order valence-electron chi connectivity index (χ4n) is 3.25. The molecule has 1 fully saturated rings. The number of carbonyl (C=O) groups excluding carboxylic acids is 1. The van der Waals surface area contributed by atoms with Gasteiger partial charge in [-0.3, -0.25) is 4.79 Å². The molecule has 1 aliphatic rings. The van der Waals surface area contributed by atoms with E-state index in [2.05, 4.69) is 38.4 Å². The second-order valence-electron chi connectivity index (χ2n) is 6.72. The lowest BCUT2D eigenvalue weighted by atomic mass is 10.2. The monoisotopic (exact) mass is 384 g/mol. The van der Waals surface area contributed by atoms with Crippen molar-refractivity contribution >= 4 is 23.2 Å². The SMILES string of the molecule is N#Cc1ccc(Nc2ncc(C(=O)N3CCN(c4ccccc4)CC3)cn2)cc1. The Morgan fingerprint density at radius 1 is 0.931 bits per heavy atom. The number of nitrogens with one attached hydrogen (secondary N) is 1. The van der Waals surface area contributed by atoms with E-state index >= 15 is 0 Å². The van der Waals surface area contributed by atoms with Crippen molar-refractivity contribution in [1.29, 1.82) is 5.26 Å². The van der Waals surface area contributed by atoms with Crippen LogP contribution >= 0.6 is 0 Å². The van der Waals surface area contributed by atoms with Gasteiger partial charge in [0.2, 0.25) is 5.95 Å². The van der Waals surface area contributed by atoms with Crippen molar-refractivity contribution in [3.63, 3.8) is 0 Å². The summed E-state index contributed by atoms with van der Waals surface area (Å²) in [5.41, 5.74) is 3.02. The number of anilines is 3. The summed E-state index contributed by atoms with van der Waals surface area (Å²) >= 11 is 0. The summed E-state index contributed by atoms with van der Waals surface area (Å²) in [6, 6.07) is 19.3. The Bertz CT molecular complexity index is 1000. The van der Waals surface area contributed by atoms with Crippen LogP contribution in [0.4, 0.5) is 17.3 Å². The number of hydrogen-bond donors (Lipinski definition) is 1. The number of piperazine rings is 1. The van der Waals surface area contributed by atoms with Crippen molar-refractivity contribution in [2.24, 2.45) is 0 Å². The molecule has 0 bridgehead atoms. The Morgan fingerprint density at radius 2 is 1.59 bits per heavy atom. The van der Waals surface area contributed by atoms with Crippen LogP contribution in [0.2, 0.25) is 0 Å². The average molecular weight is 384 g/mol. The van der Waals surface area contributed by atoms with Gasteiger partial charge in [0, 0.05) is 49.9 Å². The highest BCUT2D eigenvalue weighted by Gasteiger charge is 2.22. The quantitative estimate of drug-likeness (QED) is 0.744. The number of hydrogen-bond acceptors (Lipinski definition) is 6. The maximum Gasteiger partial charge on any atom is 0.257 e. The van der Waals surface area contributed by atoms with Gasteiger partial charge in [-0.15, -0.1) is 0 Å². The third-order valence-electron chi connectivity index (χ3n) is 4.86. The summed E-state index contributed by atoms with van der Waals surface area (Å²) in [5.74, 6) is 0.350. The molecule has 3 aromatic rings. The molecule has 0 unspecified atom stereocenters. The molecule has 7 heteroatoms. The normalized spacial score (nSPS) is 13.6. The summed E-state index contributed by atoms with van der Waals surface area (Å²) in [7, 11) is 0. The first-order valence-corrected chi connectivity index (χ1v) is 9.41. The smallest absolute Gasteiger partial charge is 0.257 e. The molecule has 1 amide bonds. The number of benzene rings is 2. The fourth-order valence-corrected chi connectivity index (χ4v) is 3.25. The summed E-state index contributed by atoms with van der Waals surface area (Å²) in [6.07, 6.45) is 3.09. The summed E-state index contributed by atoms with van der Waals surface area (Å²) < 4.78 is 0. The maximum absolute atomic E-state index is 12.8. The second-order valence-corrected chi connectivity index (χ2v) is 6.72. The maximum atomic E-state index is 12.8. The molecule has 2 heterocycles. The van der Waals surface area contributed by atoms with Crippen LogP contribution in [0.1, 0.15) is 15.9 Å². The number of carbonyl (C=O) groups is 1. The Labute approximate surface area is 169 Å². The van der Waals surface area contributed by atoms with Gasteiger partial charge in [-0.1, -0.05) is 18.2 Å². The van der Waals surface area contributed by atoms with Crippen molar-refractivity contribution < 1.29 is 4.79 Å². The van der Waals surface area contributed by atoms with Crippen LogP contribution < -0.4 is 10.2 Å². The Kier molecular flexibility index (Phi) is 5.34. The standard InChI is InChI=1S/C22H20N6O/c23-14-17-6-8-19(9-7-17)26-22-24-15-18(16-25-22)21(29)28-12-10-27(11-13-28)20-4-2-1-3-5-20/h1-9,15-16H,10-13H2,(H,24,25,26). The Balaban J connectivity index is 1.35. The van der Waals surface area contributed by atoms with Gasteiger partial charge in [0.05, 0.1) is 17.2 Å². The van der Waals surface area contributed by atoms with E-state index in [0.29, 0.717) is 30.2 Å². The molecular formula is C22H20N6O. The van der Waals surface area contributed by atoms with Crippen LogP contribution in [-0.4, -0.2) is 47.0 Å². The first-order valence-electron chi connectivity index (χ1n) is 9.41. The van der Waals surface area contributed by atoms with Crippen molar-refractivity contribution in [3.8, 4) is 6.07 Å². The van der Waals surface area contributed by atoms with Gasteiger partial charge in [-0.2, -0.15) is 5.26 Å². The van der Waals surface area contributed by atoms with Crippen molar-refractivity contribution in [2.75, 3.05) is 36.4 Å². The number of nitriles is 1. The van der Waals surface area contributed by atoms with Crippen molar-refractivity contribution in [2.45, 2.75) is 0 Å². The van der Waals surface area contributed by atoms with E-state index in [4.69, 9.17) is 5.26 Å².